The Morgan fingerprint density at radius 1 is 1.29 bits per heavy atom. The van der Waals surface area contributed by atoms with Gasteiger partial charge in [-0.1, -0.05) is 26.0 Å². The second-order valence-corrected chi connectivity index (χ2v) is 6.35. The second kappa shape index (κ2) is 10.1. The molecule has 1 unspecified atom stereocenters. The lowest BCUT2D eigenvalue weighted by Crippen LogP contribution is -2.43. The van der Waals surface area contributed by atoms with Gasteiger partial charge < -0.3 is 15.8 Å². The highest BCUT2D eigenvalue weighted by atomic mass is 16.5. The van der Waals surface area contributed by atoms with Gasteiger partial charge in [0.15, 0.2) is 0 Å². The van der Waals surface area contributed by atoms with E-state index in [0.29, 0.717) is 37.7 Å². The van der Waals surface area contributed by atoms with Gasteiger partial charge in [-0.3, -0.25) is 14.5 Å². The van der Waals surface area contributed by atoms with E-state index in [2.05, 4.69) is 19.2 Å². The number of ether oxygens (including phenoxy) is 1. The standard InChI is InChI=1S/C18H29N3O3/c1-13(2)11-20-18(23)16-7-5-6-15(10-16)12-21(8-9-24-4)14(3)17(19)22/h5-7,10,13-14H,8-9,11-12H2,1-4H3,(H2,19,22)(H,20,23). The average Bonchev–Trinajstić information content (AvgIpc) is 2.55. The van der Waals surface area contributed by atoms with Crippen LogP contribution >= 0.6 is 0 Å². The average molecular weight is 335 g/mol. The van der Waals surface area contributed by atoms with Gasteiger partial charge in [0, 0.05) is 32.3 Å². The van der Waals surface area contributed by atoms with Crippen LogP contribution in [-0.2, 0) is 16.1 Å². The molecular formula is C18H29N3O3. The molecule has 0 saturated carbocycles. The normalized spacial score (nSPS) is 12.4. The number of nitrogens with zero attached hydrogens (tertiary/aromatic N) is 1. The molecule has 0 heterocycles. The van der Waals surface area contributed by atoms with Crippen molar-refractivity contribution in [3.8, 4) is 0 Å². The van der Waals surface area contributed by atoms with Gasteiger partial charge in [0.25, 0.3) is 5.91 Å². The molecule has 0 saturated heterocycles. The summed E-state index contributed by atoms with van der Waals surface area (Å²) < 4.78 is 5.10. The third-order valence-corrected chi connectivity index (χ3v) is 3.79. The molecule has 134 valence electrons. The maximum absolute atomic E-state index is 12.2. The molecule has 3 N–H and O–H groups in total. The first-order valence-corrected chi connectivity index (χ1v) is 8.24. The Hall–Kier alpha value is -1.92. The molecule has 24 heavy (non-hydrogen) atoms. The maximum atomic E-state index is 12.2. The number of carbonyl (C=O) groups is 2. The van der Waals surface area contributed by atoms with Crippen molar-refractivity contribution >= 4 is 11.8 Å². The number of carbonyl (C=O) groups excluding carboxylic acids is 2. The van der Waals surface area contributed by atoms with Crippen molar-refractivity contribution in [2.75, 3.05) is 26.8 Å². The van der Waals surface area contributed by atoms with Crippen molar-refractivity contribution < 1.29 is 14.3 Å². The predicted octanol–water partition coefficient (Wildman–Crippen LogP) is 1.39. The number of rotatable bonds is 10. The summed E-state index contributed by atoms with van der Waals surface area (Å²) in [6, 6.07) is 7.02. The number of hydrogen-bond acceptors (Lipinski definition) is 4. The van der Waals surface area contributed by atoms with Crippen molar-refractivity contribution in [2.24, 2.45) is 11.7 Å². The van der Waals surface area contributed by atoms with Crippen LogP contribution in [0.1, 0.15) is 36.7 Å². The van der Waals surface area contributed by atoms with Gasteiger partial charge in [-0.2, -0.15) is 0 Å². The largest absolute Gasteiger partial charge is 0.383 e. The van der Waals surface area contributed by atoms with E-state index in [1.54, 1.807) is 20.1 Å². The summed E-state index contributed by atoms with van der Waals surface area (Å²) >= 11 is 0. The lowest BCUT2D eigenvalue weighted by molar-refractivity contribution is -0.123. The van der Waals surface area contributed by atoms with E-state index >= 15 is 0 Å². The van der Waals surface area contributed by atoms with Crippen LogP contribution in [0, 0.1) is 5.92 Å². The Labute approximate surface area is 144 Å². The first kappa shape index (κ1) is 20.1. The van der Waals surface area contributed by atoms with Gasteiger partial charge in [0.2, 0.25) is 5.91 Å². The van der Waals surface area contributed by atoms with Crippen molar-refractivity contribution in [2.45, 2.75) is 33.4 Å². The van der Waals surface area contributed by atoms with Gasteiger partial charge >= 0.3 is 0 Å². The quantitative estimate of drug-likeness (QED) is 0.677. The molecule has 1 aromatic rings. The molecule has 1 aromatic carbocycles. The van der Waals surface area contributed by atoms with E-state index in [0.717, 1.165) is 5.56 Å². The van der Waals surface area contributed by atoms with Crippen LogP contribution < -0.4 is 11.1 Å². The van der Waals surface area contributed by atoms with Crippen LogP contribution in [0.25, 0.3) is 0 Å². The highest BCUT2D eigenvalue weighted by Gasteiger charge is 2.19. The van der Waals surface area contributed by atoms with Crippen LogP contribution in [-0.4, -0.2) is 49.6 Å². The molecule has 0 spiro atoms. The van der Waals surface area contributed by atoms with Crippen LogP contribution in [0.3, 0.4) is 0 Å². The van der Waals surface area contributed by atoms with Crippen LogP contribution in [0.5, 0.6) is 0 Å². The van der Waals surface area contributed by atoms with Crippen LogP contribution in [0.4, 0.5) is 0 Å². The Morgan fingerprint density at radius 3 is 2.58 bits per heavy atom. The molecule has 0 bridgehead atoms. The number of methoxy groups -OCH3 is 1. The Bertz CT molecular complexity index is 546. The van der Waals surface area contributed by atoms with Crippen molar-refractivity contribution in [1.29, 1.82) is 0 Å². The van der Waals surface area contributed by atoms with Crippen molar-refractivity contribution in [3.05, 3.63) is 35.4 Å². The number of hydrogen-bond donors (Lipinski definition) is 2. The lowest BCUT2D eigenvalue weighted by atomic mass is 10.1. The molecular weight excluding hydrogens is 306 g/mol. The monoisotopic (exact) mass is 335 g/mol. The Morgan fingerprint density at radius 2 is 2.00 bits per heavy atom. The second-order valence-electron chi connectivity index (χ2n) is 6.35. The van der Waals surface area contributed by atoms with Crippen LogP contribution in [0.2, 0.25) is 0 Å². The fourth-order valence-electron chi connectivity index (χ4n) is 2.24. The zero-order valence-corrected chi connectivity index (χ0v) is 15.0. The number of benzene rings is 1. The molecule has 0 aromatic heterocycles. The smallest absolute Gasteiger partial charge is 0.251 e. The van der Waals surface area contributed by atoms with Gasteiger partial charge in [-0.25, -0.2) is 0 Å². The van der Waals surface area contributed by atoms with Crippen molar-refractivity contribution in [3.63, 3.8) is 0 Å². The molecule has 2 amide bonds. The maximum Gasteiger partial charge on any atom is 0.251 e. The predicted molar refractivity (Wildman–Crippen MR) is 94.6 cm³/mol. The summed E-state index contributed by atoms with van der Waals surface area (Å²) in [5.41, 5.74) is 6.99. The molecule has 0 aliphatic rings. The van der Waals surface area contributed by atoms with Crippen molar-refractivity contribution in [1.82, 2.24) is 10.2 Å². The third-order valence-electron chi connectivity index (χ3n) is 3.79. The summed E-state index contributed by atoms with van der Waals surface area (Å²) in [5, 5.41) is 2.91. The zero-order chi connectivity index (χ0) is 18.1. The third kappa shape index (κ3) is 6.68. The molecule has 0 aliphatic carbocycles. The summed E-state index contributed by atoms with van der Waals surface area (Å²) in [6.07, 6.45) is 0. The lowest BCUT2D eigenvalue weighted by Gasteiger charge is -2.26. The fourth-order valence-corrected chi connectivity index (χ4v) is 2.24. The minimum Gasteiger partial charge on any atom is -0.383 e. The van der Waals surface area contributed by atoms with E-state index in [-0.39, 0.29) is 11.8 Å². The Balaban J connectivity index is 2.82. The zero-order valence-electron chi connectivity index (χ0n) is 15.0. The molecule has 0 radical (unpaired) electrons. The van der Waals surface area contributed by atoms with E-state index in [1.807, 2.05) is 23.1 Å². The minimum absolute atomic E-state index is 0.0862. The molecule has 0 aliphatic heterocycles. The first-order valence-electron chi connectivity index (χ1n) is 8.24. The van der Waals surface area contributed by atoms with E-state index in [1.165, 1.54) is 0 Å². The number of amides is 2. The number of nitrogens with one attached hydrogen (secondary N) is 1. The SMILES string of the molecule is COCCN(Cc1cccc(C(=O)NCC(C)C)c1)C(C)C(N)=O. The molecule has 0 fully saturated rings. The van der Waals surface area contributed by atoms with Gasteiger partial charge in [0.05, 0.1) is 12.6 Å². The highest BCUT2D eigenvalue weighted by Crippen LogP contribution is 2.11. The summed E-state index contributed by atoms with van der Waals surface area (Å²) in [5.74, 6) is -0.0630. The molecule has 6 nitrogen and oxygen atoms in total. The van der Waals surface area contributed by atoms with E-state index in [4.69, 9.17) is 10.5 Å². The molecule has 6 heteroatoms. The Kier molecular flexibility index (Phi) is 8.43. The molecule has 1 atom stereocenters. The van der Waals surface area contributed by atoms with Gasteiger partial charge in [-0.05, 0) is 30.5 Å². The number of nitrogens with two attached hydrogens (primary N) is 1. The minimum atomic E-state index is -0.404. The summed E-state index contributed by atoms with van der Waals surface area (Å²) in [7, 11) is 1.62. The number of primary amides is 1. The van der Waals surface area contributed by atoms with Gasteiger partial charge in [0.1, 0.15) is 0 Å². The summed E-state index contributed by atoms with van der Waals surface area (Å²) in [4.78, 5) is 25.6. The van der Waals surface area contributed by atoms with Crippen LogP contribution in [0.15, 0.2) is 24.3 Å². The topological polar surface area (TPSA) is 84.7 Å². The van der Waals surface area contributed by atoms with E-state index < -0.39 is 6.04 Å². The molecule has 1 rings (SSSR count). The first-order chi connectivity index (χ1) is 11.3. The van der Waals surface area contributed by atoms with E-state index in [9.17, 15) is 9.59 Å². The highest BCUT2D eigenvalue weighted by molar-refractivity contribution is 5.94. The fraction of sp³-hybridized carbons (Fsp3) is 0.556. The summed E-state index contributed by atoms with van der Waals surface area (Å²) in [6.45, 7) is 8.14. The van der Waals surface area contributed by atoms with Gasteiger partial charge in [-0.15, -0.1) is 0 Å².